The van der Waals surface area contributed by atoms with Crippen molar-refractivity contribution in [1.82, 2.24) is 10.2 Å². The first-order chi connectivity index (χ1) is 9.12. The second kappa shape index (κ2) is 6.39. The van der Waals surface area contributed by atoms with E-state index in [0.717, 1.165) is 0 Å². The third-order valence-electron chi connectivity index (χ3n) is 3.12. The quantitative estimate of drug-likeness (QED) is 0.928. The Balaban J connectivity index is 2.61. The molecule has 1 aromatic rings. The lowest BCUT2D eigenvalue weighted by molar-refractivity contribution is -0.137. The number of rotatable bonds is 4. The summed E-state index contributed by atoms with van der Waals surface area (Å²) in [6.07, 6.45) is 0. The highest BCUT2D eigenvalue weighted by molar-refractivity contribution is 7.10. The molecule has 1 unspecified atom stereocenters. The molecular weight excluding hydrogens is 272 g/mol. The van der Waals surface area contributed by atoms with Crippen LogP contribution in [-0.2, 0) is 16.1 Å². The van der Waals surface area contributed by atoms with Crippen molar-refractivity contribution in [2.24, 2.45) is 5.41 Å². The molecule has 0 aliphatic rings. The SMILES string of the molecule is Cc1ccsc1CN(C)C(=O)C(C)NC(=O)C(C)(C)C. The van der Waals surface area contributed by atoms with E-state index in [0.29, 0.717) is 6.54 Å². The Bertz CT molecular complexity index is 488. The van der Waals surface area contributed by atoms with Gasteiger partial charge in [0.15, 0.2) is 0 Å². The van der Waals surface area contributed by atoms with Gasteiger partial charge < -0.3 is 10.2 Å². The molecule has 5 heteroatoms. The van der Waals surface area contributed by atoms with Crippen LogP contribution in [0.1, 0.15) is 38.1 Å². The highest BCUT2D eigenvalue weighted by Crippen LogP contribution is 2.18. The van der Waals surface area contributed by atoms with E-state index in [-0.39, 0.29) is 11.8 Å². The number of carbonyl (C=O) groups excluding carboxylic acids is 2. The van der Waals surface area contributed by atoms with Crippen molar-refractivity contribution >= 4 is 23.2 Å². The van der Waals surface area contributed by atoms with Gasteiger partial charge in [-0.05, 0) is 30.9 Å². The summed E-state index contributed by atoms with van der Waals surface area (Å²) < 4.78 is 0. The van der Waals surface area contributed by atoms with Gasteiger partial charge in [0.25, 0.3) is 0 Å². The van der Waals surface area contributed by atoms with E-state index < -0.39 is 11.5 Å². The largest absolute Gasteiger partial charge is 0.344 e. The van der Waals surface area contributed by atoms with Gasteiger partial charge in [-0.3, -0.25) is 9.59 Å². The van der Waals surface area contributed by atoms with E-state index in [1.807, 2.05) is 39.1 Å². The van der Waals surface area contributed by atoms with Crippen molar-refractivity contribution in [2.45, 2.75) is 47.2 Å². The predicted octanol–water partition coefficient (Wildman–Crippen LogP) is 2.57. The highest BCUT2D eigenvalue weighted by Gasteiger charge is 2.26. The average Bonchev–Trinajstić information content (AvgIpc) is 2.72. The molecule has 0 saturated carbocycles. The van der Waals surface area contributed by atoms with Crippen molar-refractivity contribution < 1.29 is 9.59 Å². The summed E-state index contributed by atoms with van der Waals surface area (Å²) in [5, 5.41) is 4.79. The van der Waals surface area contributed by atoms with Crippen molar-refractivity contribution in [3.63, 3.8) is 0 Å². The topological polar surface area (TPSA) is 49.4 Å². The van der Waals surface area contributed by atoms with E-state index in [9.17, 15) is 9.59 Å². The number of nitrogens with one attached hydrogen (secondary N) is 1. The average molecular weight is 296 g/mol. The monoisotopic (exact) mass is 296 g/mol. The Morgan fingerprint density at radius 2 is 2.00 bits per heavy atom. The number of hydrogen-bond donors (Lipinski definition) is 1. The fourth-order valence-electron chi connectivity index (χ4n) is 1.66. The lowest BCUT2D eigenvalue weighted by Gasteiger charge is -2.25. The summed E-state index contributed by atoms with van der Waals surface area (Å²) in [6, 6.07) is 1.54. The molecule has 0 radical (unpaired) electrons. The van der Waals surface area contributed by atoms with E-state index >= 15 is 0 Å². The minimum absolute atomic E-state index is 0.0737. The summed E-state index contributed by atoms with van der Waals surface area (Å²) in [7, 11) is 1.77. The molecule has 1 aromatic heterocycles. The minimum Gasteiger partial charge on any atom is -0.344 e. The third-order valence-corrected chi connectivity index (χ3v) is 4.13. The Kier molecular flexibility index (Phi) is 5.34. The molecule has 0 aliphatic heterocycles. The van der Waals surface area contributed by atoms with E-state index in [1.54, 1.807) is 30.2 Å². The van der Waals surface area contributed by atoms with Crippen LogP contribution >= 0.6 is 11.3 Å². The zero-order valence-electron chi connectivity index (χ0n) is 13.1. The summed E-state index contributed by atoms with van der Waals surface area (Å²) in [4.78, 5) is 27.0. The standard InChI is InChI=1S/C15H24N2O2S/c1-10-7-8-20-12(10)9-17(6)13(18)11(2)16-14(19)15(3,4)5/h7-8,11H,9H2,1-6H3,(H,16,19). The highest BCUT2D eigenvalue weighted by atomic mass is 32.1. The van der Waals surface area contributed by atoms with Crippen LogP contribution in [0.3, 0.4) is 0 Å². The van der Waals surface area contributed by atoms with Crippen LogP contribution in [0.2, 0.25) is 0 Å². The second-order valence-corrected chi connectivity index (χ2v) is 7.17. The minimum atomic E-state index is -0.507. The Hall–Kier alpha value is -1.36. The number of nitrogens with zero attached hydrogens (tertiary/aromatic N) is 1. The van der Waals surface area contributed by atoms with E-state index in [2.05, 4.69) is 5.32 Å². The first-order valence-electron chi connectivity index (χ1n) is 6.72. The van der Waals surface area contributed by atoms with Gasteiger partial charge in [-0.15, -0.1) is 11.3 Å². The van der Waals surface area contributed by atoms with Crippen molar-refractivity contribution in [3.05, 3.63) is 21.9 Å². The molecule has 0 aliphatic carbocycles. The van der Waals surface area contributed by atoms with Crippen LogP contribution in [0.15, 0.2) is 11.4 Å². The number of likely N-dealkylation sites (N-methyl/N-ethyl adjacent to an activating group) is 1. The van der Waals surface area contributed by atoms with E-state index in [4.69, 9.17) is 0 Å². The number of aryl methyl sites for hydroxylation is 1. The molecule has 1 atom stereocenters. The molecule has 1 N–H and O–H groups in total. The molecular formula is C15H24N2O2S. The van der Waals surface area contributed by atoms with Crippen LogP contribution < -0.4 is 5.32 Å². The first kappa shape index (κ1) is 16.7. The molecule has 1 heterocycles. The first-order valence-corrected chi connectivity index (χ1v) is 7.60. The van der Waals surface area contributed by atoms with Crippen LogP contribution in [0, 0.1) is 12.3 Å². The molecule has 4 nitrogen and oxygen atoms in total. The van der Waals surface area contributed by atoms with Crippen LogP contribution in [0.4, 0.5) is 0 Å². The van der Waals surface area contributed by atoms with Gasteiger partial charge in [0.05, 0.1) is 6.54 Å². The summed E-state index contributed by atoms with van der Waals surface area (Å²) in [5.41, 5.74) is 0.707. The zero-order chi connectivity index (χ0) is 15.5. The normalized spacial score (nSPS) is 12.9. The van der Waals surface area contributed by atoms with Crippen molar-refractivity contribution in [2.75, 3.05) is 7.05 Å². The third kappa shape index (κ3) is 4.34. The van der Waals surface area contributed by atoms with Crippen molar-refractivity contribution in [3.8, 4) is 0 Å². The van der Waals surface area contributed by atoms with E-state index in [1.165, 1.54) is 10.4 Å². The van der Waals surface area contributed by atoms with Gasteiger partial charge in [-0.25, -0.2) is 0 Å². The Morgan fingerprint density at radius 3 is 2.45 bits per heavy atom. The molecule has 112 valence electrons. The smallest absolute Gasteiger partial charge is 0.244 e. The van der Waals surface area contributed by atoms with Gasteiger partial charge in [0.2, 0.25) is 11.8 Å². The molecule has 20 heavy (non-hydrogen) atoms. The van der Waals surface area contributed by atoms with Gasteiger partial charge in [-0.2, -0.15) is 0 Å². The Labute approximate surface area is 125 Å². The number of carbonyl (C=O) groups is 2. The van der Waals surface area contributed by atoms with Crippen molar-refractivity contribution in [1.29, 1.82) is 0 Å². The molecule has 1 rings (SSSR count). The predicted molar refractivity (Wildman–Crippen MR) is 82.6 cm³/mol. The maximum atomic E-state index is 12.3. The fourth-order valence-corrected chi connectivity index (χ4v) is 2.62. The zero-order valence-corrected chi connectivity index (χ0v) is 13.9. The summed E-state index contributed by atoms with van der Waals surface area (Å²) in [6.45, 7) is 9.84. The molecule has 2 amide bonds. The summed E-state index contributed by atoms with van der Waals surface area (Å²) in [5.74, 6) is -0.186. The molecule has 0 aromatic carbocycles. The lowest BCUT2D eigenvalue weighted by Crippen LogP contribution is -2.48. The lowest BCUT2D eigenvalue weighted by atomic mass is 9.95. The van der Waals surface area contributed by atoms with Gasteiger partial charge in [0.1, 0.15) is 6.04 Å². The van der Waals surface area contributed by atoms with Gasteiger partial charge >= 0.3 is 0 Å². The Morgan fingerprint density at radius 1 is 1.40 bits per heavy atom. The molecule has 0 fully saturated rings. The molecule has 0 spiro atoms. The summed E-state index contributed by atoms with van der Waals surface area (Å²) >= 11 is 1.64. The maximum absolute atomic E-state index is 12.3. The maximum Gasteiger partial charge on any atom is 0.244 e. The van der Waals surface area contributed by atoms with Gasteiger partial charge in [-0.1, -0.05) is 20.8 Å². The number of amides is 2. The fraction of sp³-hybridized carbons (Fsp3) is 0.600. The number of thiophene rings is 1. The molecule has 0 bridgehead atoms. The molecule has 0 saturated heterocycles. The van der Waals surface area contributed by atoms with Crippen LogP contribution in [0.5, 0.6) is 0 Å². The van der Waals surface area contributed by atoms with Crippen LogP contribution in [-0.4, -0.2) is 29.8 Å². The van der Waals surface area contributed by atoms with Gasteiger partial charge in [0, 0.05) is 17.3 Å². The second-order valence-electron chi connectivity index (χ2n) is 6.17. The van der Waals surface area contributed by atoms with Crippen LogP contribution in [0.25, 0.3) is 0 Å². The number of hydrogen-bond acceptors (Lipinski definition) is 3.